The van der Waals surface area contributed by atoms with Crippen LogP contribution < -0.4 is 5.73 Å². The standard InChI is InChI=1S/C37H64FNO8Si/c1-14-28(43-11)25(4)32-33(46-32)34(39)36(9,38)20-15-16-23(2)31-24(3)17-18-29(44-26(5)40)37(10,42)21-19-27(22-30(41)45-31)47-48(12,13)35(6,7)8/h15-18,20,24-25,27-29,31-34,42H,14,19,21-22,39H2,1-13H3/t24-,25+,27+,28-,29-,31?,32+,33-,34?,36?,37+/m0/s1. The second kappa shape index (κ2) is 16.9. The van der Waals surface area contributed by atoms with Gasteiger partial charge in [-0.15, -0.1) is 0 Å². The molecule has 11 atom stereocenters. The number of epoxide rings is 1. The predicted octanol–water partition coefficient (Wildman–Crippen LogP) is 6.73. The van der Waals surface area contributed by atoms with Crippen molar-refractivity contribution in [2.24, 2.45) is 17.6 Å². The van der Waals surface area contributed by atoms with E-state index in [0.717, 1.165) is 6.42 Å². The first-order valence-corrected chi connectivity index (χ1v) is 20.3. The van der Waals surface area contributed by atoms with E-state index in [9.17, 15) is 14.7 Å². The number of ether oxygens (including phenoxy) is 4. The van der Waals surface area contributed by atoms with E-state index in [-0.39, 0.29) is 41.9 Å². The molecule has 0 spiro atoms. The summed E-state index contributed by atoms with van der Waals surface area (Å²) in [5.41, 5.74) is 3.77. The molecule has 0 amide bonds. The minimum atomic E-state index is -2.29. The number of alkyl halides is 1. The van der Waals surface area contributed by atoms with Gasteiger partial charge in [0.1, 0.15) is 29.6 Å². The molecule has 0 aliphatic carbocycles. The molecule has 0 aromatic carbocycles. The molecular formula is C37H64FNO8Si. The molecule has 0 radical (unpaired) electrons. The van der Waals surface area contributed by atoms with Crippen LogP contribution in [-0.2, 0) is 33.0 Å². The van der Waals surface area contributed by atoms with Crippen LogP contribution in [0.15, 0.2) is 36.0 Å². The van der Waals surface area contributed by atoms with E-state index in [1.165, 1.54) is 19.9 Å². The molecule has 3 N–H and O–H groups in total. The third-order valence-electron chi connectivity index (χ3n) is 10.5. The van der Waals surface area contributed by atoms with Gasteiger partial charge in [-0.2, -0.15) is 0 Å². The highest BCUT2D eigenvalue weighted by Crippen LogP contribution is 2.40. The zero-order valence-corrected chi connectivity index (χ0v) is 32.7. The van der Waals surface area contributed by atoms with Gasteiger partial charge in [-0.25, -0.2) is 4.39 Å². The monoisotopic (exact) mass is 697 g/mol. The molecule has 3 unspecified atom stereocenters. The van der Waals surface area contributed by atoms with Crippen molar-refractivity contribution in [3.63, 3.8) is 0 Å². The lowest BCUT2D eigenvalue weighted by atomic mass is 9.88. The van der Waals surface area contributed by atoms with Crippen LogP contribution in [0.25, 0.3) is 0 Å². The average Bonchev–Trinajstić information content (AvgIpc) is 3.76. The summed E-state index contributed by atoms with van der Waals surface area (Å²) in [4.78, 5) is 25.5. The van der Waals surface area contributed by atoms with Gasteiger partial charge in [-0.3, -0.25) is 9.59 Å². The van der Waals surface area contributed by atoms with E-state index >= 15 is 4.39 Å². The highest BCUT2D eigenvalue weighted by atomic mass is 28.4. The van der Waals surface area contributed by atoms with E-state index in [1.54, 1.807) is 38.3 Å². The van der Waals surface area contributed by atoms with Crippen LogP contribution >= 0.6 is 0 Å². The third-order valence-corrected chi connectivity index (χ3v) is 15.0. The number of carbonyl (C=O) groups excluding carboxylic acids is 2. The zero-order chi connectivity index (χ0) is 36.8. The summed E-state index contributed by atoms with van der Waals surface area (Å²) in [6.07, 6.45) is 6.84. The van der Waals surface area contributed by atoms with Gasteiger partial charge >= 0.3 is 11.9 Å². The summed E-state index contributed by atoms with van der Waals surface area (Å²) in [7, 11) is -0.629. The van der Waals surface area contributed by atoms with Crippen LogP contribution in [-0.4, -0.2) is 86.4 Å². The van der Waals surface area contributed by atoms with Gasteiger partial charge in [0.05, 0.1) is 30.8 Å². The van der Waals surface area contributed by atoms with Crippen molar-refractivity contribution < 1.29 is 42.5 Å². The first-order chi connectivity index (χ1) is 22.0. The smallest absolute Gasteiger partial charge is 0.308 e. The van der Waals surface area contributed by atoms with Crippen LogP contribution in [0.3, 0.4) is 0 Å². The first kappa shape index (κ1) is 42.3. The Bertz CT molecular complexity index is 1170. The fourth-order valence-electron chi connectivity index (χ4n) is 6.04. The van der Waals surface area contributed by atoms with E-state index in [2.05, 4.69) is 33.9 Å². The Morgan fingerprint density at radius 3 is 2.40 bits per heavy atom. The molecule has 1 fully saturated rings. The van der Waals surface area contributed by atoms with E-state index in [4.69, 9.17) is 29.1 Å². The zero-order valence-electron chi connectivity index (χ0n) is 31.7. The van der Waals surface area contributed by atoms with E-state index in [1.807, 2.05) is 27.7 Å². The minimum Gasteiger partial charge on any atom is -0.457 e. The van der Waals surface area contributed by atoms with Crippen LogP contribution in [0.5, 0.6) is 0 Å². The van der Waals surface area contributed by atoms with Crippen molar-refractivity contribution in [3.8, 4) is 0 Å². The lowest BCUT2D eigenvalue weighted by molar-refractivity contribution is -0.157. The van der Waals surface area contributed by atoms with Crippen LogP contribution in [0.1, 0.15) is 94.9 Å². The largest absolute Gasteiger partial charge is 0.457 e. The summed E-state index contributed by atoms with van der Waals surface area (Å²) in [6.45, 7) is 22.7. The van der Waals surface area contributed by atoms with Crippen molar-refractivity contribution in [2.75, 3.05) is 7.11 Å². The maximum atomic E-state index is 15.9. The first-order valence-electron chi connectivity index (χ1n) is 17.4. The summed E-state index contributed by atoms with van der Waals surface area (Å²) in [5.74, 6) is -1.24. The number of rotatable bonds is 12. The number of allylic oxidation sites excluding steroid dienone is 2. The molecule has 0 aromatic rings. The number of carbonyl (C=O) groups is 2. The molecular weight excluding hydrogens is 633 g/mol. The fraction of sp³-hybridized carbons (Fsp3) is 0.784. The van der Waals surface area contributed by atoms with Crippen molar-refractivity contribution in [1.82, 2.24) is 0 Å². The normalized spacial score (nSPS) is 32.8. The molecule has 276 valence electrons. The number of esters is 2. The van der Waals surface area contributed by atoms with Gasteiger partial charge in [-0.05, 0) is 75.9 Å². The summed E-state index contributed by atoms with van der Waals surface area (Å²) < 4.78 is 45.5. The van der Waals surface area contributed by atoms with Crippen molar-refractivity contribution in [3.05, 3.63) is 36.0 Å². The Morgan fingerprint density at radius 2 is 1.85 bits per heavy atom. The Balaban J connectivity index is 2.36. The lowest BCUT2D eigenvalue weighted by Gasteiger charge is -2.40. The molecule has 11 heteroatoms. The number of aliphatic hydroxyl groups is 1. The molecule has 2 aliphatic rings. The Kier molecular flexibility index (Phi) is 14.9. The maximum absolute atomic E-state index is 15.9. The molecule has 0 bridgehead atoms. The van der Waals surface area contributed by atoms with Crippen molar-refractivity contribution in [1.29, 1.82) is 0 Å². The number of hydrogen-bond donors (Lipinski definition) is 2. The summed E-state index contributed by atoms with van der Waals surface area (Å²) in [5, 5.41) is 11.4. The molecule has 9 nitrogen and oxygen atoms in total. The molecule has 0 saturated carbocycles. The topological polar surface area (TPSA) is 130 Å². The van der Waals surface area contributed by atoms with E-state index < -0.39 is 62.0 Å². The third kappa shape index (κ3) is 11.6. The molecule has 2 aliphatic heterocycles. The Morgan fingerprint density at radius 1 is 1.23 bits per heavy atom. The van der Waals surface area contributed by atoms with E-state index in [0.29, 0.717) is 12.0 Å². The lowest BCUT2D eigenvalue weighted by Crippen LogP contribution is -2.46. The summed E-state index contributed by atoms with van der Waals surface area (Å²) in [6, 6.07) is -0.880. The quantitative estimate of drug-likeness (QED) is 0.0749. The van der Waals surface area contributed by atoms with Gasteiger partial charge in [-0.1, -0.05) is 59.8 Å². The van der Waals surface area contributed by atoms with Crippen LogP contribution in [0.2, 0.25) is 18.1 Å². The predicted molar refractivity (Wildman–Crippen MR) is 190 cm³/mol. The SMILES string of the molecule is CC[C@H](OC)[C@@H](C)[C@H]1O[C@@H]1C(N)C(C)(F)C=CC=C(C)C1OC(=O)C[C@H](O[Si](C)(C)C(C)(C)C)CC[C@@](C)(O)[C@@H](OC(C)=O)C=C[C@@H]1C. The molecule has 2 heterocycles. The average molecular weight is 698 g/mol. The van der Waals surface area contributed by atoms with Gasteiger partial charge in [0.2, 0.25) is 0 Å². The number of cyclic esters (lactones) is 1. The van der Waals surface area contributed by atoms with Crippen LogP contribution in [0.4, 0.5) is 4.39 Å². The Labute approximate surface area is 289 Å². The fourth-order valence-corrected chi connectivity index (χ4v) is 7.43. The molecule has 0 aromatic heterocycles. The summed E-state index contributed by atoms with van der Waals surface area (Å²) >= 11 is 0. The molecule has 1 saturated heterocycles. The highest BCUT2D eigenvalue weighted by Gasteiger charge is 2.53. The maximum Gasteiger partial charge on any atom is 0.308 e. The van der Waals surface area contributed by atoms with Gasteiger partial charge in [0.25, 0.3) is 0 Å². The van der Waals surface area contributed by atoms with Gasteiger partial charge in [0, 0.05) is 25.9 Å². The van der Waals surface area contributed by atoms with Gasteiger partial charge < -0.3 is 34.2 Å². The van der Waals surface area contributed by atoms with Gasteiger partial charge in [0.15, 0.2) is 8.32 Å². The second-order valence-electron chi connectivity index (χ2n) is 15.8. The Hall–Kier alpha value is -1.89. The van der Waals surface area contributed by atoms with Crippen LogP contribution in [0, 0.1) is 11.8 Å². The number of halogens is 1. The highest BCUT2D eigenvalue weighted by molar-refractivity contribution is 6.74. The number of methoxy groups -OCH3 is 1. The number of hydrogen-bond acceptors (Lipinski definition) is 9. The molecule has 2 rings (SSSR count). The molecule has 48 heavy (non-hydrogen) atoms. The van der Waals surface area contributed by atoms with Crippen molar-refractivity contribution in [2.45, 2.75) is 167 Å². The minimum absolute atomic E-state index is 0.00276. The number of nitrogens with two attached hydrogens (primary N) is 1. The second-order valence-corrected chi connectivity index (χ2v) is 20.6. The van der Waals surface area contributed by atoms with Crippen molar-refractivity contribution >= 4 is 20.3 Å².